The van der Waals surface area contributed by atoms with Gasteiger partial charge in [0.15, 0.2) is 0 Å². The first-order valence-corrected chi connectivity index (χ1v) is 7.18. The predicted molar refractivity (Wildman–Crippen MR) is 86.7 cm³/mol. The van der Waals surface area contributed by atoms with E-state index in [0.29, 0.717) is 0 Å². The number of aliphatic hydroxyl groups excluding tert-OH is 2. The highest BCUT2D eigenvalue weighted by atomic mass is 19.1. The van der Waals surface area contributed by atoms with Gasteiger partial charge in [-0.25, -0.2) is 4.39 Å². The highest BCUT2D eigenvalue weighted by Gasteiger charge is 2.15. The fourth-order valence-corrected chi connectivity index (χ4v) is 2.17. The number of primary amides is 1. The number of pyridine rings is 1. The quantitative estimate of drug-likeness (QED) is 0.613. The minimum atomic E-state index is -1.16. The summed E-state index contributed by atoms with van der Waals surface area (Å²) >= 11 is 0. The maximum Gasteiger partial charge on any atom is 0.252 e. The van der Waals surface area contributed by atoms with Crippen LogP contribution >= 0.6 is 0 Å². The number of rotatable bonds is 6. The first-order chi connectivity index (χ1) is 11.3. The summed E-state index contributed by atoms with van der Waals surface area (Å²) in [7, 11) is 0. The molecule has 0 spiro atoms. The Bertz CT molecular complexity index is 819. The molecule has 2 rings (SSSR count). The van der Waals surface area contributed by atoms with E-state index < -0.39 is 30.0 Å². The Morgan fingerprint density at radius 3 is 2.67 bits per heavy atom. The molecule has 0 bridgehead atoms. The van der Waals surface area contributed by atoms with Gasteiger partial charge in [0.2, 0.25) is 0 Å². The number of benzene rings is 1. The number of aliphatic hydroxyl groups is 2. The summed E-state index contributed by atoms with van der Waals surface area (Å²) in [6, 6.07) is 5.55. The van der Waals surface area contributed by atoms with E-state index in [1.165, 1.54) is 12.1 Å². The molecule has 1 unspecified atom stereocenters. The second-order valence-electron chi connectivity index (χ2n) is 5.40. The fraction of sp³-hybridized carbons (Fsp3) is 0.250. The number of nitrogens with one attached hydrogen (secondary N) is 1. The number of carbonyl (C=O) groups excluding carboxylic acids is 1. The Morgan fingerprint density at radius 1 is 1.38 bits per heavy atom. The fourth-order valence-electron chi connectivity index (χ4n) is 2.17. The van der Waals surface area contributed by atoms with Gasteiger partial charge in [0.05, 0.1) is 36.2 Å². The van der Waals surface area contributed by atoms with Gasteiger partial charge in [-0.3, -0.25) is 9.59 Å². The van der Waals surface area contributed by atoms with Crippen LogP contribution in [-0.4, -0.2) is 33.4 Å². The lowest BCUT2D eigenvalue weighted by Gasteiger charge is -2.15. The molecule has 1 aromatic carbocycles. The third-order valence-corrected chi connectivity index (χ3v) is 3.40. The topological polar surface area (TPSA) is 118 Å². The van der Waals surface area contributed by atoms with Gasteiger partial charge in [0.1, 0.15) is 5.82 Å². The molecule has 0 aliphatic carbocycles. The van der Waals surface area contributed by atoms with Gasteiger partial charge < -0.3 is 25.8 Å². The van der Waals surface area contributed by atoms with E-state index in [2.05, 4.69) is 5.32 Å². The molecule has 5 N–H and O–H groups in total. The standard InChI is InChI=1S/C16H18FN3O4/c1-9-2-3-13(12(17)4-9)19-14-5-15(23)20(6-10(22)8-21)7-11(14)16(18)24/h2-5,7,10,19,21-22H,6,8H2,1H3,(H2,18,24). The lowest BCUT2D eigenvalue weighted by atomic mass is 10.1. The molecule has 0 aliphatic rings. The van der Waals surface area contributed by atoms with E-state index in [1.807, 2.05) is 0 Å². The van der Waals surface area contributed by atoms with E-state index in [-0.39, 0.29) is 23.5 Å². The molecule has 1 amide bonds. The van der Waals surface area contributed by atoms with Gasteiger partial charge >= 0.3 is 0 Å². The Hall–Kier alpha value is -2.71. The number of nitrogens with two attached hydrogens (primary N) is 1. The van der Waals surface area contributed by atoms with E-state index in [9.17, 15) is 19.1 Å². The van der Waals surface area contributed by atoms with Crippen LogP contribution in [0.4, 0.5) is 15.8 Å². The number of amides is 1. The molecule has 24 heavy (non-hydrogen) atoms. The van der Waals surface area contributed by atoms with Crippen LogP contribution in [0, 0.1) is 12.7 Å². The van der Waals surface area contributed by atoms with Crippen LogP contribution in [0.5, 0.6) is 0 Å². The van der Waals surface area contributed by atoms with Crippen molar-refractivity contribution in [1.82, 2.24) is 4.57 Å². The number of hydrogen-bond donors (Lipinski definition) is 4. The lowest BCUT2D eigenvalue weighted by Crippen LogP contribution is -2.30. The zero-order valence-corrected chi connectivity index (χ0v) is 13.0. The second kappa shape index (κ2) is 7.24. The van der Waals surface area contributed by atoms with Crippen molar-refractivity contribution in [3.05, 3.63) is 57.8 Å². The van der Waals surface area contributed by atoms with Crippen molar-refractivity contribution in [3.63, 3.8) is 0 Å². The molecule has 0 aliphatic heterocycles. The number of aromatic nitrogens is 1. The average Bonchev–Trinajstić information content (AvgIpc) is 2.52. The molecule has 0 saturated carbocycles. The minimum Gasteiger partial charge on any atom is -0.394 e. The van der Waals surface area contributed by atoms with Gasteiger partial charge in [0.25, 0.3) is 11.5 Å². The lowest BCUT2D eigenvalue weighted by molar-refractivity contribution is 0.0802. The molecule has 0 radical (unpaired) electrons. The maximum absolute atomic E-state index is 13.9. The number of carbonyl (C=O) groups is 1. The highest BCUT2D eigenvalue weighted by Crippen LogP contribution is 2.22. The van der Waals surface area contributed by atoms with Gasteiger partial charge in [0, 0.05) is 12.3 Å². The van der Waals surface area contributed by atoms with Crippen molar-refractivity contribution < 1.29 is 19.4 Å². The first-order valence-electron chi connectivity index (χ1n) is 7.18. The van der Waals surface area contributed by atoms with Crippen LogP contribution in [0.2, 0.25) is 0 Å². The van der Waals surface area contributed by atoms with Crippen LogP contribution in [0.15, 0.2) is 35.3 Å². The van der Waals surface area contributed by atoms with Crippen molar-refractivity contribution in [1.29, 1.82) is 0 Å². The van der Waals surface area contributed by atoms with E-state index >= 15 is 0 Å². The molecule has 1 atom stereocenters. The molecule has 7 nitrogen and oxygen atoms in total. The smallest absolute Gasteiger partial charge is 0.252 e. The van der Waals surface area contributed by atoms with Gasteiger partial charge in [-0.05, 0) is 24.6 Å². The molecule has 8 heteroatoms. The summed E-state index contributed by atoms with van der Waals surface area (Å²) in [5, 5.41) is 21.0. The SMILES string of the molecule is Cc1ccc(Nc2cc(=O)n(CC(O)CO)cc2C(N)=O)c(F)c1. The number of halogens is 1. The summed E-state index contributed by atoms with van der Waals surface area (Å²) in [5.41, 5.74) is 5.61. The molecule has 2 aromatic rings. The third kappa shape index (κ3) is 3.98. The van der Waals surface area contributed by atoms with Crippen LogP contribution in [0.25, 0.3) is 0 Å². The zero-order chi connectivity index (χ0) is 17.9. The van der Waals surface area contributed by atoms with Crippen LogP contribution in [-0.2, 0) is 6.54 Å². The number of nitrogens with zero attached hydrogens (tertiary/aromatic N) is 1. The van der Waals surface area contributed by atoms with Crippen LogP contribution < -0.4 is 16.6 Å². The zero-order valence-electron chi connectivity index (χ0n) is 13.0. The average molecular weight is 335 g/mol. The van der Waals surface area contributed by atoms with E-state index in [1.54, 1.807) is 13.0 Å². The van der Waals surface area contributed by atoms with Crippen LogP contribution in [0.3, 0.4) is 0 Å². The normalized spacial score (nSPS) is 12.0. The number of aryl methyl sites for hydroxylation is 1. The van der Waals surface area contributed by atoms with Gasteiger partial charge in [-0.1, -0.05) is 6.07 Å². The Balaban J connectivity index is 2.44. The Kier molecular flexibility index (Phi) is 5.32. The van der Waals surface area contributed by atoms with E-state index in [0.717, 1.165) is 22.4 Å². The Morgan fingerprint density at radius 2 is 2.08 bits per heavy atom. The van der Waals surface area contributed by atoms with E-state index in [4.69, 9.17) is 10.8 Å². The number of anilines is 2. The van der Waals surface area contributed by atoms with Crippen molar-refractivity contribution in [2.45, 2.75) is 19.6 Å². The molecule has 1 heterocycles. The number of hydrogen-bond acceptors (Lipinski definition) is 5. The second-order valence-corrected chi connectivity index (χ2v) is 5.40. The maximum atomic E-state index is 13.9. The van der Waals surface area contributed by atoms with Crippen LogP contribution in [0.1, 0.15) is 15.9 Å². The third-order valence-electron chi connectivity index (χ3n) is 3.40. The molecular formula is C16H18FN3O4. The van der Waals surface area contributed by atoms with Gasteiger partial charge in [-0.2, -0.15) is 0 Å². The largest absolute Gasteiger partial charge is 0.394 e. The molecule has 0 fully saturated rings. The first kappa shape index (κ1) is 17.6. The summed E-state index contributed by atoms with van der Waals surface area (Å²) in [5.74, 6) is -1.36. The minimum absolute atomic E-state index is 0.0419. The van der Waals surface area contributed by atoms with Crippen molar-refractivity contribution in [3.8, 4) is 0 Å². The monoisotopic (exact) mass is 335 g/mol. The predicted octanol–water partition coefficient (Wildman–Crippen LogP) is 0.492. The van der Waals surface area contributed by atoms with Crippen molar-refractivity contribution in [2.24, 2.45) is 5.73 Å². The molecule has 0 saturated heterocycles. The van der Waals surface area contributed by atoms with Gasteiger partial charge in [-0.15, -0.1) is 0 Å². The summed E-state index contributed by atoms with van der Waals surface area (Å²) in [6.07, 6.45) is 0.00890. The molecular weight excluding hydrogens is 317 g/mol. The van der Waals surface area contributed by atoms with Crippen molar-refractivity contribution in [2.75, 3.05) is 11.9 Å². The summed E-state index contributed by atoms with van der Waals surface area (Å²) in [4.78, 5) is 23.7. The molecule has 128 valence electrons. The van der Waals surface area contributed by atoms with Crippen molar-refractivity contribution >= 4 is 17.3 Å². The summed E-state index contributed by atoms with van der Waals surface area (Å²) < 4.78 is 15.0. The molecule has 1 aromatic heterocycles. The summed E-state index contributed by atoms with van der Waals surface area (Å²) in [6.45, 7) is 0.997. The Labute approximate surface area is 137 Å². The highest BCUT2D eigenvalue weighted by molar-refractivity contribution is 5.98.